The van der Waals surface area contributed by atoms with Crippen LogP contribution in [0.25, 0.3) is 0 Å². The normalized spacial score (nSPS) is 21.4. The number of rotatable bonds is 8. The van der Waals surface area contributed by atoms with Gasteiger partial charge in [0.25, 0.3) is 0 Å². The molecule has 2 N–H and O–H groups in total. The number of aromatic carboxylic acids is 1. The summed E-state index contributed by atoms with van der Waals surface area (Å²) in [6.07, 6.45) is 2.12. The number of sulfonamides is 1. The fourth-order valence-corrected chi connectivity index (χ4v) is 6.38. The van der Waals surface area contributed by atoms with Crippen molar-refractivity contribution >= 4 is 16.0 Å². The smallest absolute Gasteiger partial charge is 0.335 e. The van der Waals surface area contributed by atoms with Crippen molar-refractivity contribution in [3.05, 3.63) is 88.0 Å². The third kappa shape index (κ3) is 4.97. The van der Waals surface area contributed by atoms with Crippen molar-refractivity contribution in [2.24, 2.45) is 5.92 Å². The minimum atomic E-state index is -3.73. The molecule has 0 bridgehead atoms. The van der Waals surface area contributed by atoms with E-state index in [1.165, 1.54) is 11.1 Å². The molecule has 2 unspecified atom stereocenters. The van der Waals surface area contributed by atoms with Gasteiger partial charge in [-0.3, -0.25) is 0 Å². The van der Waals surface area contributed by atoms with Crippen LogP contribution >= 0.6 is 0 Å². The van der Waals surface area contributed by atoms with Crippen LogP contribution in [-0.4, -0.2) is 25.0 Å². The first-order valence-electron chi connectivity index (χ1n) is 11.3. The van der Waals surface area contributed by atoms with Gasteiger partial charge in [0.2, 0.25) is 10.0 Å². The van der Waals surface area contributed by atoms with Gasteiger partial charge in [-0.25, -0.2) is 17.9 Å². The van der Waals surface area contributed by atoms with Gasteiger partial charge in [-0.2, -0.15) is 0 Å². The molecule has 0 fully saturated rings. The second kappa shape index (κ2) is 9.65. The van der Waals surface area contributed by atoms with Crippen LogP contribution in [0, 0.1) is 5.92 Å². The van der Waals surface area contributed by atoms with Gasteiger partial charge in [0.1, 0.15) is 0 Å². The number of benzene rings is 2. The molecule has 33 heavy (non-hydrogen) atoms. The first-order valence-corrected chi connectivity index (χ1v) is 12.7. The first-order chi connectivity index (χ1) is 15.5. The Morgan fingerprint density at radius 2 is 1.58 bits per heavy atom. The van der Waals surface area contributed by atoms with Crippen molar-refractivity contribution in [1.82, 2.24) is 4.72 Å². The Hall–Kier alpha value is -2.70. The number of hydrogen-bond donors (Lipinski definition) is 2. The molecule has 0 aromatic heterocycles. The lowest BCUT2D eigenvalue weighted by Gasteiger charge is -2.46. The van der Waals surface area contributed by atoms with E-state index in [2.05, 4.69) is 32.4 Å². The summed E-state index contributed by atoms with van der Waals surface area (Å²) in [5.41, 5.74) is 5.16. The topological polar surface area (TPSA) is 83.5 Å². The summed E-state index contributed by atoms with van der Waals surface area (Å²) in [4.78, 5) is 11.4. The molecule has 0 radical (unpaired) electrons. The van der Waals surface area contributed by atoms with E-state index in [0.29, 0.717) is 6.42 Å². The monoisotopic (exact) mass is 467 g/mol. The van der Waals surface area contributed by atoms with Crippen molar-refractivity contribution in [3.63, 3.8) is 0 Å². The fourth-order valence-electron chi connectivity index (χ4n) is 4.83. The van der Waals surface area contributed by atoms with Gasteiger partial charge < -0.3 is 5.11 Å². The van der Waals surface area contributed by atoms with Crippen molar-refractivity contribution < 1.29 is 18.3 Å². The van der Waals surface area contributed by atoms with E-state index in [4.69, 9.17) is 5.11 Å². The number of nitrogens with one attached hydrogen (secondary N) is 1. The van der Waals surface area contributed by atoms with Crippen LogP contribution in [0.3, 0.4) is 0 Å². The zero-order valence-corrected chi connectivity index (χ0v) is 20.8. The SMILES string of the molecule is CC1=C(C)C(C)C(CCCc2ccc(C(=O)O)cc2)(NS(=O)(=O)c2ccccc2)C(C)=C1C. The average molecular weight is 468 g/mol. The summed E-state index contributed by atoms with van der Waals surface area (Å²) in [6, 6.07) is 15.4. The third-order valence-corrected chi connectivity index (χ3v) is 8.91. The number of allylic oxidation sites excluding steroid dienone is 2. The van der Waals surface area contributed by atoms with Crippen LogP contribution in [0.15, 0.2) is 81.8 Å². The molecule has 0 heterocycles. The van der Waals surface area contributed by atoms with Crippen molar-refractivity contribution in [2.75, 3.05) is 0 Å². The van der Waals surface area contributed by atoms with Gasteiger partial charge in [-0.15, -0.1) is 0 Å². The highest BCUT2D eigenvalue weighted by molar-refractivity contribution is 7.89. The minimum Gasteiger partial charge on any atom is -0.478 e. The van der Waals surface area contributed by atoms with E-state index >= 15 is 0 Å². The molecule has 2 aromatic rings. The largest absolute Gasteiger partial charge is 0.478 e. The van der Waals surface area contributed by atoms with Crippen LogP contribution < -0.4 is 4.72 Å². The Morgan fingerprint density at radius 1 is 0.970 bits per heavy atom. The van der Waals surface area contributed by atoms with Gasteiger partial charge in [0.15, 0.2) is 0 Å². The minimum absolute atomic E-state index is 0.00549. The Balaban J connectivity index is 1.93. The molecule has 0 saturated heterocycles. The lowest BCUT2D eigenvalue weighted by atomic mass is 9.66. The van der Waals surface area contributed by atoms with Gasteiger partial charge >= 0.3 is 5.97 Å². The lowest BCUT2D eigenvalue weighted by molar-refractivity contribution is 0.0697. The Kier molecular flexibility index (Phi) is 7.29. The van der Waals surface area contributed by atoms with Crippen molar-refractivity contribution in [1.29, 1.82) is 0 Å². The molecular formula is C27H33NO4S. The Labute approximate surface area is 197 Å². The van der Waals surface area contributed by atoms with E-state index in [9.17, 15) is 13.2 Å². The molecule has 5 nitrogen and oxygen atoms in total. The molecule has 1 aliphatic rings. The average Bonchev–Trinajstić information content (AvgIpc) is 2.81. The molecule has 1 aliphatic carbocycles. The predicted octanol–water partition coefficient (Wildman–Crippen LogP) is 5.75. The van der Waals surface area contributed by atoms with Crippen LogP contribution in [0.4, 0.5) is 0 Å². The number of carboxylic acid groups (broad SMARTS) is 1. The molecule has 0 aliphatic heterocycles. The molecule has 0 amide bonds. The lowest BCUT2D eigenvalue weighted by Crippen LogP contribution is -2.55. The van der Waals surface area contributed by atoms with Crippen LogP contribution in [0.1, 0.15) is 63.4 Å². The molecule has 3 rings (SSSR count). The number of carboxylic acids is 1. The summed E-state index contributed by atoms with van der Waals surface area (Å²) >= 11 is 0. The molecule has 176 valence electrons. The molecule has 6 heteroatoms. The third-order valence-electron chi connectivity index (χ3n) is 7.38. The molecule has 2 aromatic carbocycles. The van der Waals surface area contributed by atoms with Crippen LogP contribution in [-0.2, 0) is 16.4 Å². The number of hydrogen-bond acceptors (Lipinski definition) is 3. The highest BCUT2D eigenvalue weighted by atomic mass is 32.2. The zero-order chi connectivity index (χ0) is 24.4. The quantitative estimate of drug-likeness (QED) is 0.518. The maximum absolute atomic E-state index is 13.4. The molecule has 0 saturated carbocycles. The highest BCUT2D eigenvalue weighted by Gasteiger charge is 2.45. The second-order valence-electron chi connectivity index (χ2n) is 9.03. The van der Waals surface area contributed by atoms with Gasteiger partial charge in [0, 0.05) is 5.92 Å². The zero-order valence-electron chi connectivity index (χ0n) is 20.0. The summed E-state index contributed by atoms with van der Waals surface area (Å²) in [6.45, 7) is 10.4. The summed E-state index contributed by atoms with van der Waals surface area (Å²) < 4.78 is 30.0. The standard InChI is InChI=1S/C27H33NO4S/c1-18-19(2)21(4)27(22(5)20(18)3,28-33(31,32)25-11-7-6-8-12-25)17-9-10-23-13-15-24(16-14-23)26(29)30/h6-8,11-16,21,28H,9-10,17H2,1-5H3,(H,29,30). The summed E-state index contributed by atoms with van der Waals surface area (Å²) in [5, 5.41) is 9.11. The van der Waals surface area contributed by atoms with Crippen molar-refractivity contribution in [3.8, 4) is 0 Å². The molecule has 2 atom stereocenters. The van der Waals surface area contributed by atoms with E-state index in [1.807, 2.05) is 19.1 Å². The van der Waals surface area contributed by atoms with E-state index in [1.54, 1.807) is 42.5 Å². The predicted molar refractivity (Wildman–Crippen MR) is 132 cm³/mol. The van der Waals surface area contributed by atoms with Crippen molar-refractivity contribution in [2.45, 2.75) is 64.3 Å². The van der Waals surface area contributed by atoms with E-state index < -0.39 is 21.5 Å². The van der Waals surface area contributed by atoms with Crippen LogP contribution in [0.2, 0.25) is 0 Å². The maximum Gasteiger partial charge on any atom is 0.335 e. The van der Waals surface area contributed by atoms with Gasteiger partial charge in [-0.05, 0) is 93.5 Å². The number of carbonyl (C=O) groups is 1. The Morgan fingerprint density at radius 3 is 2.15 bits per heavy atom. The molecule has 0 spiro atoms. The highest BCUT2D eigenvalue weighted by Crippen LogP contribution is 2.44. The summed E-state index contributed by atoms with van der Waals surface area (Å²) in [7, 11) is -3.73. The molecular weight excluding hydrogens is 434 g/mol. The van der Waals surface area contributed by atoms with Crippen LogP contribution in [0.5, 0.6) is 0 Å². The van der Waals surface area contributed by atoms with Gasteiger partial charge in [0.05, 0.1) is 16.0 Å². The number of aryl methyl sites for hydroxylation is 1. The fraction of sp³-hybridized carbons (Fsp3) is 0.370. The summed E-state index contributed by atoms with van der Waals surface area (Å²) in [5.74, 6) is -0.949. The second-order valence-corrected chi connectivity index (χ2v) is 10.7. The van der Waals surface area contributed by atoms with E-state index in [-0.39, 0.29) is 16.4 Å². The van der Waals surface area contributed by atoms with E-state index in [0.717, 1.165) is 29.6 Å². The Bertz CT molecular complexity index is 1190. The maximum atomic E-state index is 13.4. The van der Waals surface area contributed by atoms with Gasteiger partial charge in [-0.1, -0.05) is 42.8 Å². The first kappa shape index (κ1) is 24.9.